The number of benzene rings is 2. The Morgan fingerprint density at radius 1 is 1.26 bits per heavy atom. The fourth-order valence-electron chi connectivity index (χ4n) is 2.84. The molecule has 0 bridgehead atoms. The second-order valence-corrected chi connectivity index (χ2v) is 8.37. The third-order valence-electron chi connectivity index (χ3n) is 4.15. The molecule has 0 unspecified atom stereocenters. The molecule has 0 aliphatic carbocycles. The fourth-order valence-corrected chi connectivity index (χ4v) is 4.91. The van der Waals surface area contributed by atoms with Gasteiger partial charge in [0, 0.05) is 0 Å². The summed E-state index contributed by atoms with van der Waals surface area (Å²) in [4.78, 5) is 24.7. The van der Waals surface area contributed by atoms with Crippen molar-refractivity contribution in [1.82, 2.24) is 0 Å². The maximum absolute atomic E-state index is 12.5. The molecule has 1 aliphatic heterocycles. The highest BCUT2D eigenvalue weighted by atomic mass is 35.5. The van der Waals surface area contributed by atoms with E-state index in [4.69, 9.17) is 16.3 Å². The van der Waals surface area contributed by atoms with Crippen LogP contribution in [-0.4, -0.2) is 33.1 Å². The highest BCUT2D eigenvalue weighted by Gasteiger charge is 2.42. The molecule has 9 heteroatoms. The molecule has 2 amide bonds. The van der Waals surface area contributed by atoms with Gasteiger partial charge >= 0.3 is 0 Å². The smallest absolute Gasteiger partial charge is 0.257 e. The van der Waals surface area contributed by atoms with Gasteiger partial charge in [0.2, 0.25) is 15.9 Å². The van der Waals surface area contributed by atoms with E-state index in [2.05, 4.69) is 5.32 Å². The van der Waals surface area contributed by atoms with Gasteiger partial charge in [-0.05, 0) is 30.3 Å². The lowest BCUT2D eigenvalue weighted by Gasteiger charge is -2.17. The molecular formula is C18H17ClN2O5S. The molecule has 0 saturated carbocycles. The second kappa shape index (κ2) is 7.21. The largest absolute Gasteiger partial charge is 0.495 e. The lowest BCUT2D eigenvalue weighted by Crippen LogP contribution is -2.30. The average Bonchev–Trinajstić information content (AvgIpc) is 2.82. The maximum Gasteiger partial charge on any atom is 0.257 e. The van der Waals surface area contributed by atoms with Crippen LogP contribution in [0.1, 0.15) is 17.3 Å². The molecular weight excluding hydrogens is 392 g/mol. The summed E-state index contributed by atoms with van der Waals surface area (Å²) in [6.07, 6.45) is 0. The molecule has 1 saturated heterocycles. The average molecular weight is 409 g/mol. The van der Waals surface area contributed by atoms with Crippen LogP contribution in [0, 0.1) is 5.92 Å². The van der Waals surface area contributed by atoms with Gasteiger partial charge in [-0.1, -0.05) is 30.7 Å². The van der Waals surface area contributed by atoms with Crippen LogP contribution in [0.2, 0.25) is 5.02 Å². The lowest BCUT2D eigenvalue weighted by atomic mass is 10.1. The standard InChI is InChI=1S/C18H17ClN2O5S/c1-11-10-27(24,25)21(18(11)23)12-7-8-13(14(19)9-12)17(22)20-15-5-3-4-6-16(15)26-2/h3-9,11H,10H2,1-2H3,(H,20,22)/t11-/m0/s1. The highest BCUT2D eigenvalue weighted by Crippen LogP contribution is 2.32. The second-order valence-electron chi connectivity index (χ2n) is 6.10. The lowest BCUT2D eigenvalue weighted by molar-refractivity contribution is -0.119. The molecule has 2 aromatic rings. The van der Waals surface area contributed by atoms with Crippen LogP contribution in [0.15, 0.2) is 42.5 Å². The summed E-state index contributed by atoms with van der Waals surface area (Å²) in [5.41, 5.74) is 0.725. The molecule has 2 aromatic carbocycles. The Bertz CT molecular complexity index is 1020. The van der Waals surface area contributed by atoms with E-state index in [9.17, 15) is 18.0 Å². The van der Waals surface area contributed by atoms with Gasteiger partial charge in [-0.15, -0.1) is 0 Å². The van der Waals surface area contributed by atoms with E-state index >= 15 is 0 Å². The molecule has 7 nitrogen and oxygen atoms in total. The van der Waals surface area contributed by atoms with Crippen LogP contribution in [0.3, 0.4) is 0 Å². The minimum atomic E-state index is -3.74. The normalized spacial score (nSPS) is 18.4. The first-order valence-corrected chi connectivity index (χ1v) is 10.0. The monoisotopic (exact) mass is 408 g/mol. The van der Waals surface area contributed by atoms with Crippen molar-refractivity contribution in [2.24, 2.45) is 5.92 Å². The number of hydrogen-bond acceptors (Lipinski definition) is 5. The van der Waals surface area contributed by atoms with Crippen LogP contribution in [0.4, 0.5) is 11.4 Å². The van der Waals surface area contributed by atoms with Gasteiger partial charge in [0.15, 0.2) is 0 Å². The summed E-state index contributed by atoms with van der Waals surface area (Å²) in [6.45, 7) is 1.55. The fraction of sp³-hybridized carbons (Fsp3) is 0.222. The van der Waals surface area contributed by atoms with E-state index in [0.29, 0.717) is 11.4 Å². The number of sulfonamides is 1. The number of methoxy groups -OCH3 is 1. The van der Waals surface area contributed by atoms with Crippen LogP contribution < -0.4 is 14.4 Å². The topological polar surface area (TPSA) is 92.8 Å². The molecule has 1 fully saturated rings. The molecule has 1 heterocycles. The van der Waals surface area contributed by atoms with Crippen molar-refractivity contribution in [3.05, 3.63) is 53.1 Å². The van der Waals surface area contributed by atoms with Crippen molar-refractivity contribution < 1.29 is 22.7 Å². The van der Waals surface area contributed by atoms with Crippen molar-refractivity contribution in [2.45, 2.75) is 6.92 Å². The van der Waals surface area contributed by atoms with E-state index in [1.54, 1.807) is 31.2 Å². The molecule has 27 heavy (non-hydrogen) atoms. The number of ether oxygens (including phenoxy) is 1. The van der Waals surface area contributed by atoms with Crippen LogP contribution in [-0.2, 0) is 14.8 Å². The number of rotatable bonds is 4. The summed E-state index contributed by atoms with van der Waals surface area (Å²) in [5, 5.41) is 2.72. The molecule has 0 radical (unpaired) electrons. The Balaban J connectivity index is 1.89. The highest BCUT2D eigenvalue weighted by molar-refractivity contribution is 7.94. The third-order valence-corrected chi connectivity index (χ3v) is 6.33. The van der Waals surface area contributed by atoms with Gasteiger partial charge < -0.3 is 10.1 Å². The first-order chi connectivity index (χ1) is 12.7. The van der Waals surface area contributed by atoms with E-state index in [0.717, 1.165) is 4.31 Å². The first-order valence-electron chi connectivity index (χ1n) is 8.05. The van der Waals surface area contributed by atoms with Gasteiger partial charge in [0.05, 0.1) is 40.7 Å². The predicted octanol–water partition coefficient (Wildman–Crippen LogP) is 2.91. The quantitative estimate of drug-likeness (QED) is 0.839. The van der Waals surface area contributed by atoms with Crippen molar-refractivity contribution in [3.8, 4) is 5.75 Å². The Morgan fingerprint density at radius 2 is 1.96 bits per heavy atom. The summed E-state index contributed by atoms with van der Waals surface area (Å²) in [5.74, 6) is -1.39. The molecule has 1 atom stereocenters. The zero-order valence-electron chi connectivity index (χ0n) is 14.6. The number of anilines is 2. The molecule has 0 spiro atoms. The van der Waals surface area contributed by atoms with Crippen LogP contribution in [0.5, 0.6) is 5.75 Å². The van der Waals surface area contributed by atoms with E-state index in [1.165, 1.54) is 25.3 Å². The Labute approximate surface area is 161 Å². The van der Waals surface area contributed by atoms with Gasteiger partial charge in [0.25, 0.3) is 5.91 Å². The zero-order valence-corrected chi connectivity index (χ0v) is 16.2. The zero-order chi connectivity index (χ0) is 19.8. The van der Waals surface area contributed by atoms with Crippen molar-refractivity contribution in [2.75, 3.05) is 22.5 Å². The Hall–Kier alpha value is -2.58. The molecule has 1 N–H and O–H groups in total. The number of nitrogens with one attached hydrogen (secondary N) is 1. The number of halogens is 1. The van der Waals surface area contributed by atoms with Crippen molar-refractivity contribution >= 4 is 44.8 Å². The third kappa shape index (κ3) is 3.63. The summed E-state index contributed by atoms with van der Waals surface area (Å²) < 4.78 is 30.3. The summed E-state index contributed by atoms with van der Waals surface area (Å²) in [7, 11) is -2.25. The van der Waals surface area contributed by atoms with Crippen molar-refractivity contribution in [1.29, 1.82) is 0 Å². The van der Waals surface area contributed by atoms with Gasteiger partial charge in [-0.2, -0.15) is 0 Å². The van der Waals surface area contributed by atoms with E-state index in [-0.39, 0.29) is 22.0 Å². The number of para-hydroxylation sites is 2. The van der Waals surface area contributed by atoms with Gasteiger partial charge in [-0.3, -0.25) is 9.59 Å². The van der Waals surface area contributed by atoms with Gasteiger partial charge in [0.1, 0.15) is 5.75 Å². The number of nitrogens with zero attached hydrogens (tertiary/aromatic N) is 1. The number of carbonyl (C=O) groups excluding carboxylic acids is 2. The minimum absolute atomic E-state index is 0.0300. The van der Waals surface area contributed by atoms with Crippen molar-refractivity contribution in [3.63, 3.8) is 0 Å². The van der Waals surface area contributed by atoms with Crippen LogP contribution in [0.25, 0.3) is 0 Å². The van der Waals surface area contributed by atoms with Crippen LogP contribution >= 0.6 is 11.6 Å². The Morgan fingerprint density at radius 3 is 2.56 bits per heavy atom. The number of carbonyl (C=O) groups is 2. The summed E-state index contributed by atoms with van der Waals surface area (Å²) >= 11 is 6.19. The minimum Gasteiger partial charge on any atom is -0.495 e. The van der Waals surface area contributed by atoms with E-state index < -0.39 is 27.8 Å². The SMILES string of the molecule is COc1ccccc1NC(=O)c1ccc(N2C(=O)[C@@H](C)CS2(=O)=O)cc1Cl. The molecule has 142 valence electrons. The molecule has 3 rings (SSSR count). The number of hydrogen-bond donors (Lipinski definition) is 1. The van der Waals surface area contributed by atoms with E-state index in [1.807, 2.05) is 0 Å². The van der Waals surface area contributed by atoms with Gasteiger partial charge in [-0.25, -0.2) is 12.7 Å². The number of amides is 2. The maximum atomic E-state index is 12.5. The molecule has 0 aromatic heterocycles. The molecule has 1 aliphatic rings. The predicted molar refractivity (Wildman–Crippen MR) is 103 cm³/mol. The Kier molecular flexibility index (Phi) is 5.12. The summed E-state index contributed by atoms with van der Waals surface area (Å²) in [6, 6.07) is 11.0. The first kappa shape index (κ1) is 19.2.